The van der Waals surface area contributed by atoms with Crippen LogP contribution in [-0.4, -0.2) is 23.0 Å². The van der Waals surface area contributed by atoms with Crippen molar-refractivity contribution in [1.82, 2.24) is 4.98 Å². The molecule has 0 aliphatic heterocycles. The van der Waals surface area contributed by atoms with Gasteiger partial charge in [-0.15, -0.1) is 0 Å². The molecule has 1 aromatic heterocycles. The molecule has 1 atom stereocenters. The second kappa shape index (κ2) is 7.94. The van der Waals surface area contributed by atoms with Gasteiger partial charge in [0, 0.05) is 16.1 Å². The molecule has 0 saturated carbocycles. The summed E-state index contributed by atoms with van der Waals surface area (Å²) in [7, 11) is 0. The highest BCUT2D eigenvalue weighted by molar-refractivity contribution is 6.31. The fourth-order valence-electron chi connectivity index (χ4n) is 2.47. The van der Waals surface area contributed by atoms with E-state index < -0.39 is 18.0 Å². The maximum atomic E-state index is 12.4. The predicted octanol–water partition coefficient (Wildman–Crippen LogP) is 5.03. The minimum absolute atomic E-state index is 0.324. The van der Waals surface area contributed by atoms with Crippen molar-refractivity contribution in [2.75, 3.05) is 5.32 Å². The summed E-state index contributed by atoms with van der Waals surface area (Å²) >= 11 is 11.8. The van der Waals surface area contributed by atoms with Crippen LogP contribution >= 0.6 is 23.2 Å². The lowest BCUT2D eigenvalue weighted by atomic mass is 10.1. The average Bonchev–Trinajstić information content (AvgIpc) is 2.64. The number of halogens is 2. The Kier molecular flexibility index (Phi) is 5.63. The van der Waals surface area contributed by atoms with Gasteiger partial charge in [-0.1, -0.05) is 29.3 Å². The molecular formula is C20H16Cl2N2O3. The number of fused-ring (bicyclic) bond motifs is 1. The number of pyridine rings is 1. The Bertz CT molecular complexity index is 1040. The molecule has 0 spiro atoms. The number of amides is 1. The molecule has 0 radical (unpaired) electrons. The topological polar surface area (TPSA) is 68.3 Å². The van der Waals surface area contributed by atoms with Crippen molar-refractivity contribution in [2.24, 2.45) is 0 Å². The van der Waals surface area contributed by atoms with Gasteiger partial charge in [-0.05, 0) is 61.9 Å². The van der Waals surface area contributed by atoms with E-state index in [1.54, 1.807) is 48.5 Å². The van der Waals surface area contributed by atoms with Gasteiger partial charge in [0.2, 0.25) is 0 Å². The number of hydrogen-bond donors (Lipinski definition) is 1. The average molecular weight is 403 g/mol. The second-order valence-corrected chi connectivity index (χ2v) is 6.86. The van der Waals surface area contributed by atoms with Gasteiger partial charge in [0.15, 0.2) is 6.10 Å². The van der Waals surface area contributed by atoms with Gasteiger partial charge in [0.1, 0.15) is 5.15 Å². The number of ether oxygens (including phenoxy) is 1. The van der Waals surface area contributed by atoms with Gasteiger partial charge in [0.25, 0.3) is 5.91 Å². The minimum Gasteiger partial charge on any atom is -0.449 e. The van der Waals surface area contributed by atoms with E-state index in [1.165, 1.54) is 6.92 Å². The number of carbonyl (C=O) groups is 2. The normalized spacial score (nSPS) is 11.9. The number of aromatic nitrogens is 1. The van der Waals surface area contributed by atoms with E-state index in [2.05, 4.69) is 10.3 Å². The third-order valence-electron chi connectivity index (χ3n) is 4.00. The van der Waals surface area contributed by atoms with Crippen LogP contribution in [0.2, 0.25) is 10.2 Å². The first-order valence-corrected chi connectivity index (χ1v) is 8.93. The molecule has 0 saturated heterocycles. The fraction of sp³-hybridized carbons (Fsp3) is 0.150. The van der Waals surface area contributed by atoms with Gasteiger partial charge in [-0.25, -0.2) is 9.78 Å². The Morgan fingerprint density at radius 1 is 1.07 bits per heavy atom. The molecule has 1 unspecified atom stereocenters. The highest BCUT2D eigenvalue weighted by atomic mass is 35.5. The number of benzene rings is 2. The molecule has 0 aliphatic rings. The molecule has 1 amide bonds. The Morgan fingerprint density at radius 2 is 1.85 bits per heavy atom. The van der Waals surface area contributed by atoms with Gasteiger partial charge in [-0.2, -0.15) is 0 Å². The molecule has 1 heterocycles. The first-order valence-electron chi connectivity index (χ1n) is 8.18. The van der Waals surface area contributed by atoms with Crippen LogP contribution in [0, 0.1) is 6.92 Å². The summed E-state index contributed by atoms with van der Waals surface area (Å²) in [6.07, 6.45) is -0.977. The lowest BCUT2D eigenvalue weighted by Gasteiger charge is -2.15. The van der Waals surface area contributed by atoms with E-state index in [0.29, 0.717) is 26.9 Å². The van der Waals surface area contributed by atoms with Crippen molar-refractivity contribution in [3.63, 3.8) is 0 Å². The van der Waals surface area contributed by atoms with Crippen LogP contribution in [0.15, 0.2) is 48.5 Å². The van der Waals surface area contributed by atoms with Gasteiger partial charge in [0.05, 0.1) is 11.1 Å². The molecule has 1 N–H and O–H groups in total. The monoisotopic (exact) mass is 402 g/mol. The summed E-state index contributed by atoms with van der Waals surface area (Å²) in [5.74, 6) is -1.04. The number of anilines is 1. The molecule has 2 aromatic carbocycles. The quantitative estimate of drug-likeness (QED) is 0.490. The minimum atomic E-state index is -0.977. The Labute approximate surface area is 166 Å². The summed E-state index contributed by atoms with van der Waals surface area (Å²) in [6.45, 7) is 3.35. The number of aryl methyl sites for hydroxylation is 1. The molecular weight excluding hydrogens is 387 g/mol. The smallest absolute Gasteiger partial charge is 0.338 e. The highest BCUT2D eigenvalue weighted by Crippen LogP contribution is 2.21. The van der Waals surface area contributed by atoms with Crippen molar-refractivity contribution < 1.29 is 14.3 Å². The van der Waals surface area contributed by atoms with E-state index in [4.69, 9.17) is 27.9 Å². The van der Waals surface area contributed by atoms with Crippen LogP contribution in [0.1, 0.15) is 22.8 Å². The summed E-state index contributed by atoms with van der Waals surface area (Å²) in [5, 5.41) is 4.35. The molecule has 27 heavy (non-hydrogen) atoms. The van der Waals surface area contributed by atoms with Gasteiger partial charge < -0.3 is 10.1 Å². The summed E-state index contributed by atoms with van der Waals surface area (Å²) < 4.78 is 5.28. The van der Waals surface area contributed by atoms with Crippen LogP contribution in [0.3, 0.4) is 0 Å². The summed E-state index contributed by atoms with van der Waals surface area (Å²) in [6, 6.07) is 13.5. The lowest BCUT2D eigenvalue weighted by Crippen LogP contribution is -2.30. The number of carbonyl (C=O) groups excluding carboxylic acids is 2. The molecule has 7 heteroatoms. The zero-order valence-electron chi connectivity index (χ0n) is 14.6. The number of esters is 1. The largest absolute Gasteiger partial charge is 0.449 e. The van der Waals surface area contributed by atoms with Gasteiger partial charge in [-0.3, -0.25) is 4.79 Å². The lowest BCUT2D eigenvalue weighted by molar-refractivity contribution is -0.123. The zero-order valence-corrected chi connectivity index (χ0v) is 16.1. The van der Waals surface area contributed by atoms with Crippen LogP contribution in [-0.2, 0) is 9.53 Å². The van der Waals surface area contributed by atoms with E-state index >= 15 is 0 Å². The van der Waals surface area contributed by atoms with Crippen LogP contribution in [0.5, 0.6) is 0 Å². The number of nitrogens with one attached hydrogen (secondary N) is 1. The van der Waals surface area contributed by atoms with Crippen molar-refractivity contribution >= 4 is 51.7 Å². The first kappa shape index (κ1) is 19.1. The number of rotatable bonds is 4. The van der Waals surface area contributed by atoms with Crippen LogP contribution in [0.4, 0.5) is 5.69 Å². The van der Waals surface area contributed by atoms with E-state index in [9.17, 15) is 9.59 Å². The Hall–Kier alpha value is -2.63. The Balaban J connectivity index is 1.70. The second-order valence-electron chi connectivity index (χ2n) is 6.04. The maximum Gasteiger partial charge on any atom is 0.338 e. The van der Waals surface area contributed by atoms with E-state index in [1.807, 2.05) is 6.92 Å². The highest BCUT2D eigenvalue weighted by Gasteiger charge is 2.20. The van der Waals surface area contributed by atoms with Crippen LogP contribution in [0.25, 0.3) is 10.9 Å². The maximum absolute atomic E-state index is 12.4. The number of nitrogens with zero attached hydrogens (tertiary/aromatic N) is 1. The molecule has 0 bridgehead atoms. The van der Waals surface area contributed by atoms with Crippen molar-refractivity contribution in [1.29, 1.82) is 0 Å². The van der Waals surface area contributed by atoms with Gasteiger partial charge >= 0.3 is 5.97 Å². The zero-order chi connectivity index (χ0) is 19.6. The van der Waals surface area contributed by atoms with Crippen molar-refractivity contribution in [3.05, 3.63) is 69.8 Å². The van der Waals surface area contributed by atoms with E-state index in [-0.39, 0.29) is 0 Å². The van der Waals surface area contributed by atoms with Crippen LogP contribution < -0.4 is 5.32 Å². The molecule has 3 rings (SSSR count). The van der Waals surface area contributed by atoms with Crippen molar-refractivity contribution in [3.8, 4) is 0 Å². The third kappa shape index (κ3) is 4.56. The third-order valence-corrected chi connectivity index (χ3v) is 4.45. The predicted molar refractivity (Wildman–Crippen MR) is 106 cm³/mol. The molecule has 0 aliphatic carbocycles. The molecule has 0 fully saturated rings. The standard InChI is InChI=1S/C20H16Cl2N2O3/c1-11-3-6-15(21)10-17(11)24-19(25)12(2)27-20(26)14-4-7-16-13(9-14)5-8-18(22)23-16/h3-10,12H,1-2H3,(H,24,25). The molecule has 3 aromatic rings. The molecule has 5 nitrogen and oxygen atoms in total. The molecule has 138 valence electrons. The Morgan fingerprint density at radius 3 is 2.63 bits per heavy atom. The SMILES string of the molecule is Cc1ccc(Cl)cc1NC(=O)C(C)OC(=O)c1ccc2nc(Cl)ccc2c1. The summed E-state index contributed by atoms with van der Waals surface area (Å²) in [4.78, 5) is 28.9. The van der Waals surface area contributed by atoms with E-state index in [0.717, 1.165) is 10.9 Å². The summed E-state index contributed by atoms with van der Waals surface area (Å²) in [5.41, 5.74) is 2.42. The fourth-order valence-corrected chi connectivity index (χ4v) is 2.80. The van der Waals surface area contributed by atoms with Crippen molar-refractivity contribution in [2.45, 2.75) is 20.0 Å². The first-order chi connectivity index (χ1) is 12.8. The number of hydrogen-bond acceptors (Lipinski definition) is 4.